The van der Waals surface area contributed by atoms with Crippen LogP contribution in [0.4, 0.5) is 5.13 Å². The predicted molar refractivity (Wildman–Crippen MR) is 101 cm³/mol. The molecule has 3 N–H and O–H groups in total. The van der Waals surface area contributed by atoms with E-state index < -0.39 is 15.6 Å². The number of ether oxygens (including phenoxy) is 1. The summed E-state index contributed by atoms with van der Waals surface area (Å²) < 4.78 is 32.8. The molecule has 1 amide bonds. The Hall–Kier alpha value is -2.01. The second kappa shape index (κ2) is 7.55. The van der Waals surface area contributed by atoms with Crippen LogP contribution < -0.4 is 14.8 Å². The van der Waals surface area contributed by atoms with E-state index in [0.717, 1.165) is 29.7 Å². The fraction of sp³-hybridized carbons (Fsp3) is 0.412. The first-order valence-electron chi connectivity index (χ1n) is 8.36. The molecule has 1 atom stereocenters. The maximum absolute atomic E-state index is 12.5. The van der Waals surface area contributed by atoms with E-state index in [0.29, 0.717) is 17.7 Å². The Morgan fingerprint density at radius 2 is 2.22 bits per heavy atom. The number of carbonyl (C=O) groups excluding carboxylic acids is 1. The Bertz CT molecular complexity index is 957. The van der Waals surface area contributed by atoms with E-state index in [-0.39, 0.29) is 21.8 Å². The van der Waals surface area contributed by atoms with Gasteiger partial charge in [0, 0.05) is 13.5 Å². The summed E-state index contributed by atoms with van der Waals surface area (Å²) in [7, 11) is -2.28. The number of methoxy groups -OCH3 is 1. The van der Waals surface area contributed by atoms with E-state index in [9.17, 15) is 18.3 Å². The van der Waals surface area contributed by atoms with Crippen LogP contribution in [0.2, 0.25) is 0 Å². The van der Waals surface area contributed by atoms with Crippen molar-refractivity contribution in [2.75, 3.05) is 19.0 Å². The van der Waals surface area contributed by atoms with Crippen LogP contribution in [0, 0.1) is 0 Å². The highest BCUT2D eigenvalue weighted by Gasteiger charge is 2.36. The topological polar surface area (TPSA) is 118 Å². The standard InChI is InChI=1S/C17H21N3O5S2/c1-11(21)20-16-18-9-15(26-16)27(23,24)19-10-17(22)7-3-4-12-8-13(25-2)5-6-14(12)17/h5-6,8-9,19,22H,3-4,7,10H2,1-2H3,(H,18,20,21)/t17-/m0/s1. The van der Waals surface area contributed by atoms with Gasteiger partial charge >= 0.3 is 0 Å². The van der Waals surface area contributed by atoms with Gasteiger partial charge in [-0.2, -0.15) is 0 Å². The highest BCUT2D eigenvalue weighted by molar-refractivity contribution is 7.91. The van der Waals surface area contributed by atoms with Gasteiger partial charge in [-0.1, -0.05) is 17.4 Å². The van der Waals surface area contributed by atoms with Crippen LogP contribution in [-0.4, -0.2) is 38.1 Å². The molecule has 1 aromatic heterocycles. The molecule has 1 aromatic carbocycles. The number of fused-ring (bicyclic) bond motifs is 1. The summed E-state index contributed by atoms with van der Waals surface area (Å²) in [5.74, 6) is 0.374. The van der Waals surface area contributed by atoms with Crippen molar-refractivity contribution in [3.05, 3.63) is 35.5 Å². The zero-order chi connectivity index (χ0) is 19.7. The molecule has 0 spiro atoms. The number of aliphatic hydroxyl groups is 1. The summed E-state index contributed by atoms with van der Waals surface area (Å²) in [5.41, 5.74) is 0.367. The number of aromatic nitrogens is 1. The summed E-state index contributed by atoms with van der Waals surface area (Å²) in [6.07, 6.45) is 3.18. The SMILES string of the molecule is COc1ccc2c(c1)CCC[C@]2(O)CNS(=O)(=O)c1cnc(NC(C)=O)s1. The number of anilines is 1. The predicted octanol–water partition coefficient (Wildman–Crippen LogP) is 1.61. The fourth-order valence-corrected chi connectivity index (χ4v) is 5.34. The molecule has 0 bridgehead atoms. The van der Waals surface area contributed by atoms with Crippen molar-refractivity contribution in [3.63, 3.8) is 0 Å². The van der Waals surface area contributed by atoms with Gasteiger partial charge in [-0.05, 0) is 42.5 Å². The number of thiazole rings is 1. The van der Waals surface area contributed by atoms with Gasteiger partial charge in [0.2, 0.25) is 5.91 Å². The number of hydrogen-bond donors (Lipinski definition) is 3. The molecule has 1 aliphatic carbocycles. The molecule has 10 heteroatoms. The van der Waals surface area contributed by atoms with Crippen LogP contribution in [0.25, 0.3) is 0 Å². The van der Waals surface area contributed by atoms with Crippen LogP contribution in [0.1, 0.15) is 30.9 Å². The average molecular weight is 412 g/mol. The number of carbonyl (C=O) groups is 1. The van der Waals surface area contributed by atoms with Crippen LogP contribution in [0.3, 0.4) is 0 Å². The number of rotatable bonds is 6. The lowest BCUT2D eigenvalue weighted by Gasteiger charge is -2.34. The van der Waals surface area contributed by atoms with E-state index in [4.69, 9.17) is 4.74 Å². The molecule has 0 unspecified atom stereocenters. The van der Waals surface area contributed by atoms with Crippen LogP contribution in [-0.2, 0) is 26.8 Å². The Morgan fingerprint density at radius 3 is 2.93 bits per heavy atom. The molecular weight excluding hydrogens is 390 g/mol. The maximum Gasteiger partial charge on any atom is 0.251 e. The Labute approximate surface area is 161 Å². The first-order chi connectivity index (χ1) is 12.7. The van der Waals surface area contributed by atoms with Gasteiger partial charge in [-0.3, -0.25) is 4.79 Å². The number of hydrogen-bond acceptors (Lipinski definition) is 7. The lowest BCUT2D eigenvalue weighted by atomic mass is 9.79. The fourth-order valence-electron chi connectivity index (χ4n) is 3.12. The van der Waals surface area contributed by atoms with Gasteiger partial charge in [-0.25, -0.2) is 18.1 Å². The number of amides is 1. The van der Waals surface area contributed by atoms with Crippen molar-refractivity contribution in [3.8, 4) is 5.75 Å². The Balaban J connectivity index is 1.78. The van der Waals surface area contributed by atoms with E-state index in [1.165, 1.54) is 13.1 Å². The summed E-state index contributed by atoms with van der Waals surface area (Å²) in [5, 5.41) is 13.7. The minimum absolute atomic E-state index is 0.0272. The molecule has 0 fully saturated rings. The van der Waals surface area contributed by atoms with Crippen LogP contribution in [0.5, 0.6) is 5.75 Å². The minimum Gasteiger partial charge on any atom is -0.497 e. The summed E-state index contributed by atoms with van der Waals surface area (Å²) in [4.78, 5) is 14.9. The first-order valence-corrected chi connectivity index (χ1v) is 10.7. The zero-order valence-corrected chi connectivity index (χ0v) is 16.6. The molecule has 1 heterocycles. The van der Waals surface area contributed by atoms with Crippen molar-refractivity contribution in [1.29, 1.82) is 0 Å². The summed E-state index contributed by atoms with van der Waals surface area (Å²) in [6.45, 7) is 1.17. The largest absolute Gasteiger partial charge is 0.497 e. The van der Waals surface area contributed by atoms with E-state index in [1.54, 1.807) is 19.2 Å². The number of sulfonamides is 1. The van der Waals surface area contributed by atoms with Crippen molar-refractivity contribution < 1.29 is 23.1 Å². The summed E-state index contributed by atoms with van der Waals surface area (Å²) in [6, 6.07) is 5.41. The van der Waals surface area contributed by atoms with Crippen molar-refractivity contribution in [2.45, 2.75) is 36.0 Å². The number of aryl methyl sites for hydroxylation is 1. The molecule has 2 aromatic rings. The lowest BCUT2D eigenvalue weighted by Crippen LogP contribution is -2.42. The second-order valence-corrected chi connectivity index (χ2v) is 9.42. The van der Waals surface area contributed by atoms with Crippen molar-refractivity contribution >= 4 is 32.4 Å². The highest BCUT2D eigenvalue weighted by atomic mass is 32.2. The van der Waals surface area contributed by atoms with Gasteiger partial charge in [0.15, 0.2) is 9.34 Å². The Kier molecular flexibility index (Phi) is 5.52. The molecule has 8 nitrogen and oxygen atoms in total. The number of nitrogens with zero attached hydrogens (tertiary/aromatic N) is 1. The zero-order valence-electron chi connectivity index (χ0n) is 15.0. The second-order valence-electron chi connectivity index (χ2n) is 6.40. The third-order valence-corrected chi connectivity index (χ3v) is 7.21. The third-order valence-electron chi connectivity index (χ3n) is 4.44. The van der Waals surface area contributed by atoms with Crippen molar-refractivity contribution in [1.82, 2.24) is 9.71 Å². The van der Waals surface area contributed by atoms with E-state index in [2.05, 4.69) is 15.0 Å². The van der Waals surface area contributed by atoms with Gasteiger partial charge in [0.05, 0.1) is 13.3 Å². The molecular formula is C17H21N3O5S2. The smallest absolute Gasteiger partial charge is 0.251 e. The molecule has 0 saturated carbocycles. The quantitative estimate of drug-likeness (QED) is 0.665. The first kappa shape index (κ1) is 19.7. The van der Waals surface area contributed by atoms with E-state index >= 15 is 0 Å². The molecule has 146 valence electrons. The molecule has 27 heavy (non-hydrogen) atoms. The molecule has 1 aliphatic rings. The monoisotopic (exact) mass is 411 g/mol. The molecule has 0 saturated heterocycles. The molecule has 0 radical (unpaired) electrons. The average Bonchev–Trinajstić information content (AvgIpc) is 3.09. The van der Waals surface area contributed by atoms with Gasteiger partial charge in [-0.15, -0.1) is 0 Å². The third kappa shape index (κ3) is 4.29. The number of benzene rings is 1. The molecule has 3 rings (SSSR count). The van der Waals surface area contributed by atoms with Gasteiger partial charge in [0.25, 0.3) is 10.0 Å². The number of nitrogens with one attached hydrogen (secondary N) is 2. The van der Waals surface area contributed by atoms with E-state index in [1.807, 2.05) is 6.07 Å². The lowest BCUT2D eigenvalue weighted by molar-refractivity contribution is -0.114. The maximum atomic E-state index is 12.5. The van der Waals surface area contributed by atoms with Crippen LogP contribution >= 0.6 is 11.3 Å². The van der Waals surface area contributed by atoms with Gasteiger partial charge < -0.3 is 15.2 Å². The minimum atomic E-state index is -3.86. The van der Waals surface area contributed by atoms with Gasteiger partial charge in [0.1, 0.15) is 11.4 Å². The van der Waals surface area contributed by atoms with Crippen LogP contribution in [0.15, 0.2) is 28.6 Å². The normalized spacial score (nSPS) is 19.4. The highest BCUT2D eigenvalue weighted by Crippen LogP contribution is 2.37. The summed E-state index contributed by atoms with van der Waals surface area (Å²) >= 11 is 0.853. The van der Waals surface area contributed by atoms with Crippen molar-refractivity contribution in [2.24, 2.45) is 0 Å². The molecule has 0 aliphatic heterocycles. The Morgan fingerprint density at radius 1 is 1.44 bits per heavy atom.